The molecule has 1 N–H and O–H groups in total. The Kier molecular flexibility index (Phi) is 4.38. The van der Waals surface area contributed by atoms with Crippen molar-refractivity contribution in [2.75, 3.05) is 40.8 Å². The lowest BCUT2D eigenvalue weighted by Crippen LogP contribution is -2.54. The van der Waals surface area contributed by atoms with Crippen LogP contribution in [-0.4, -0.2) is 56.6 Å². The molecule has 2 unspecified atom stereocenters. The van der Waals surface area contributed by atoms with Crippen molar-refractivity contribution >= 4 is 0 Å². The minimum Gasteiger partial charge on any atom is -0.314 e. The fraction of sp³-hybridized carbons (Fsp3) is 0.600. The summed E-state index contributed by atoms with van der Waals surface area (Å²) in [4.78, 5) is 4.82. The Balaban J connectivity index is 2.31. The molecule has 1 saturated heterocycles. The first-order chi connectivity index (χ1) is 8.61. The fourth-order valence-corrected chi connectivity index (χ4v) is 2.93. The molecule has 0 aliphatic carbocycles. The largest absolute Gasteiger partial charge is 0.314 e. The van der Waals surface area contributed by atoms with Crippen molar-refractivity contribution in [1.82, 2.24) is 15.1 Å². The Morgan fingerprint density at radius 2 is 2.06 bits per heavy atom. The molecule has 1 heterocycles. The summed E-state index contributed by atoms with van der Waals surface area (Å²) in [6.07, 6.45) is 0. The highest BCUT2D eigenvalue weighted by atomic mass is 15.3. The average molecular weight is 247 g/mol. The van der Waals surface area contributed by atoms with Gasteiger partial charge in [0.15, 0.2) is 0 Å². The van der Waals surface area contributed by atoms with Crippen molar-refractivity contribution in [1.29, 1.82) is 0 Å². The van der Waals surface area contributed by atoms with E-state index in [4.69, 9.17) is 0 Å². The third-order valence-electron chi connectivity index (χ3n) is 3.99. The molecule has 3 heteroatoms. The van der Waals surface area contributed by atoms with Crippen LogP contribution < -0.4 is 5.32 Å². The van der Waals surface area contributed by atoms with Crippen molar-refractivity contribution in [3.8, 4) is 0 Å². The number of benzene rings is 1. The summed E-state index contributed by atoms with van der Waals surface area (Å²) in [5.41, 5.74) is 2.83. The van der Waals surface area contributed by atoms with E-state index in [1.807, 2.05) is 0 Å². The van der Waals surface area contributed by atoms with Gasteiger partial charge >= 0.3 is 0 Å². The third kappa shape index (κ3) is 2.74. The molecule has 1 aromatic rings. The van der Waals surface area contributed by atoms with E-state index >= 15 is 0 Å². The van der Waals surface area contributed by atoms with Crippen LogP contribution in [-0.2, 0) is 0 Å². The molecular formula is C15H25N3. The van der Waals surface area contributed by atoms with E-state index in [1.165, 1.54) is 11.1 Å². The maximum Gasteiger partial charge on any atom is 0.0513 e. The molecule has 3 nitrogen and oxygen atoms in total. The second-order valence-corrected chi connectivity index (χ2v) is 5.52. The standard InChI is InChI=1S/C15H25N3/c1-12-7-5-6-8-13(12)15(17(2)3)14-11-16-9-10-18(14)4/h5-8,14-16H,9-11H2,1-4H3. The second-order valence-electron chi connectivity index (χ2n) is 5.52. The molecule has 18 heavy (non-hydrogen) atoms. The first-order valence-corrected chi connectivity index (χ1v) is 6.74. The van der Waals surface area contributed by atoms with Gasteiger partial charge in [0, 0.05) is 25.7 Å². The topological polar surface area (TPSA) is 18.5 Å². The molecule has 0 spiro atoms. The van der Waals surface area contributed by atoms with Gasteiger partial charge in [-0.05, 0) is 39.2 Å². The number of hydrogen-bond acceptors (Lipinski definition) is 3. The zero-order valence-electron chi connectivity index (χ0n) is 12.0. The number of piperazine rings is 1. The average Bonchev–Trinajstić information content (AvgIpc) is 2.34. The number of nitrogens with zero attached hydrogens (tertiary/aromatic N) is 2. The van der Waals surface area contributed by atoms with Gasteiger partial charge < -0.3 is 10.2 Å². The Bertz CT molecular complexity index is 389. The van der Waals surface area contributed by atoms with Gasteiger partial charge in [-0.15, -0.1) is 0 Å². The number of rotatable bonds is 3. The van der Waals surface area contributed by atoms with Gasteiger partial charge in [0.1, 0.15) is 0 Å². The van der Waals surface area contributed by atoms with Crippen LogP contribution in [0, 0.1) is 6.92 Å². The number of likely N-dealkylation sites (N-methyl/N-ethyl adjacent to an activating group) is 2. The maximum atomic E-state index is 3.52. The summed E-state index contributed by atoms with van der Waals surface area (Å²) in [5, 5.41) is 3.52. The van der Waals surface area contributed by atoms with E-state index in [-0.39, 0.29) is 0 Å². The van der Waals surface area contributed by atoms with Crippen LogP contribution in [0.5, 0.6) is 0 Å². The van der Waals surface area contributed by atoms with Crippen LogP contribution in [0.25, 0.3) is 0 Å². The summed E-state index contributed by atoms with van der Waals surface area (Å²) in [7, 11) is 6.60. The molecule has 0 aromatic heterocycles. The highest BCUT2D eigenvalue weighted by Crippen LogP contribution is 2.28. The smallest absolute Gasteiger partial charge is 0.0513 e. The van der Waals surface area contributed by atoms with Crippen molar-refractivity contribution in [2.24, 2.45) is 0 Å². The lowest BCUT2D eigenvalue weighted by Gasteiger charge is -2.42. The number of hydrogen-bond donors (Lipinski definition) is 1. The predicted octanol–water partition coefficient (Wildman–Crippen LogP) is 1.50. The molecule has 0 bridgehead atoms. The van der Waals surface area contributed by atoms with Crippen molar-refractivity contribution < 1.29 is 0 Å². The minimum absolute atomic E-state index is 0.448. The molecule has 1 aliphatic rings. The van der Waals surface area contributed by atoms with Gasteiger partial charge in [-0.25, -0.2) is 0 Å². The van der Waals surface area contributed by atoms with Gasteiger partial charge in [-0.2, -0.15) is 0 Å². The van der Waals surface area contributed by atoms with E-state index in [9.17, 15) is 0 Å². The van der Waals surface area contributed by atoms with Crippen LogP contribution in [0.15, 0.2) is 24.3 Å². The quantitative estimate of drug-likeness (QED) is 0.873. The van der Waals surface area contributed by atoms with Crippen molar-refractivity contribution in [3.05, 3.63) is 35.4 Å². The normalized spacial score (nSPS) is 23.3. The van der Waals surface area contributed by atoms with Crippen LogP contribution >= 0.6 is 0 Å². The van der Waals surface area contributed by atoms with Gasteiger partial charge in [0.25, 0.3) is 0 Å². The molecule has 0 radical (unpaired) electrons. The molecule has 0 saturated carbocycles. The van der Waals surface area contributed by atoms with Gasteiger partial charge in [-0.3, -0.25) is 4.90 Å². The van der Waals surface area contributed by atoms with Crippen LogP contribution in [0.2, 0.25) is 0 Å². The molecule has 1 aliphatic heterocycles. The first-order valence-electron chi connectivity index (χ1n) is 6.74. The molecular weight excluding hydrogens is 222 g/mol. The summed E-state index contributed by atoms with van der Waals surface area (Å²) in [5.74, 6) is 0. The van der Waals surface area contributed by atoms with Gasteiger partial charge in [0.05, 0.1) is 6.04 Å². The van der Waals surface area contributed by atoms with Gasteiger partial charge in [0.2, 0.25) is 0 Å². The highest BCUT2D eigenvalue weighted by molar-refractivity contribution is 5.30. The van der Waals surface area contributed by atoms with Crippen LogP contribution in [0.4, 0.5) is 0 Å². The Morgan fingerprint density at radius 3 is 2.67 bits per heavy atom. The summed E-state index contributed by atoms with van der Waals surface area (Å²) in [6.45, 7) is 5.50. The first kappa shape index (κ1) is 13.5. The zero-order chi connectivity index (χ0) is 13.1. The van der Waals surface area contributed by atoms with Crippen LogP contribution in [0.1, 0.15) is 17.2 Å². The number of nitrogens with one attached hydrogen (secondary N) is 1. The molecule has 1 fully saturated rings. The summed E-state index contributed by atoms with van der Waals surface area (Å²) >= 11 is 0. The van der Waals surface area contributed by atoms with E-state index in [0.29, 0.717) is 12.1 Å². The Labute approximate surface area is 111 Å². The van der Waals surface area contributed by atoms with Crippen molar-refractivity contribution in [2.45, 2.75) is 19.0 Å². The van der Waals surface area contributed by atoms with E-state index in [2.05, 4.69) is 67.4 Å². The number of aryl methyl sites for hydroxylation is 1. The molecule has 1 aromatic carbocycles. The minimum atomic E-state index is 0.448. The molecule has 2 atom stereocenters. The maximum absolute atomic E-state index is 3.52. The Hall–Kier alpha value is -0.900. The van der Waals surface area contributed by atoms with Crippen molar-refractivity contribution in [3.63, 3.8) is 0 Å². The zero-order valence-corrected chi connectivity index (χ0v) is 12.0. The Morgan fingerprint density at radius 1 is 1.33 bits per heavy atom. The lowest BCUT2D eigenvalue weighted by atomic mass is 9.92. The van der Waals surface area contributed by atoms with Gasteiger partial charge in [-0.1, -0.05) is 24.3 Å². The highest BCUT2D eigenvalue weighted by Gasteiger charge is 2.30. The third-order valence-corrected chi connectivity index (χ3v) is 3.99. The predicted molar refractivity (Wildman–Crippen MR) is 76.9 cm³/mol. The summed E-state index contributed by atoms with van der Waals surface area (Å²) in [6, 6.07) is 9.73. The monoisotopic (exact) mass is 247 g/mol. The fourth-order valence-electron chi connectivity index (χ4n) is 2.93. The molecule has 0 amide bonds. The SMILES string of the molecule is Cc1ccccc1C(C1CNCCN1C)N(C)C. The van der Waals surface area contributed by atoms with E-state index in [0.717, 1.165) is 19.6 Å². The van der Waals surface area contributed by atoms with E-state index in [1.54, 1.807) is 0 Å². The second kappa shape index (κ2) is 5.83. The molecule has 100 valence electrons. The van der Waals surface area contributed by atoms with E-state index < -0.39 is 0 Å². The van der Waals surface area contributed by atoms with Crippen LogP contribution in [0.3, 0.4) is 0 Å². The molecule has 2 rings (SSSR count). The summed E-state index contributed by atoms with van der Waals surface area (Å²) < 4.78 is 0. The lowest BCUT2D eigenvalue weighted by molar-refractivity contribution is 0.107.